The van der Waals surface area contributed by atoms with Crippen LogP contribution in [0.5, 0.6) is 11.5 Å². The summed E-state index contributed by atoms with van der Waals surface area (Å²) < 4.78 is 122. The predicted molar refractivity (Wildman–Crippen MR) is 294 cm³/mol. The molecule has 10 rings (SSSR count). The molecule has 2 fully saturated rings. The maximum atomic E-state index is 9.19. The number of likely N-dealkylation sites (tertiary alicyclic amines) is 2. The first kappa shape index (κ1) is 59.7. The minimum Gasteiger partial charge on any atom is -0.748 e. The summed E-state index contributed by atoms with van der Waals surface area (Å²) in [6, 6.07) is 21.9. The number of nitrogens with one attached hydrogen (secondary N) is 2. The molecule has 4 aromatic heterocycles. The molecule has 0 saturated carbocycles. The summed E-state index contributed by atoms with van der Waals surface area (Å²) in [5, 5.41) is 10.2. The van der Waals surface area contributed by atoms with E-state index in [0.717, 1.165) is 60.5 Å². The molecule has 0 amide bonds. The molecule has 0 atom stereocenters. The van der Waals surface area contributed by atoms with E-state index < -0.39 is 40.5 Å². The minimum absolute atomic E-state index is 0.604. The van der Waals surface area contributed by atoms with Gasteiger partial charge in [0.1, 0.15) is 11.5 Å². The molecule has 2 aliphatic rings. The van der Waals surface area contributed by atoms with Gasteiger partial charge in [0.25, 0.3) is 20.2 Å². The van der Waals surface area contributed by atoms with Crippen molar-refractivity contribution in [2.24, 2.45) is 11.8 Å². The van der Waals surface area contributed by atoms with Gasteiger partial charge in [-0.15, -0.1) is 0 Å². The van der Waals surface area contributed by atoms with Crippen molar-refractivity contribution in [3.63, 3.8) is 0 Å². The first-order valence-electron chi connectivity index (χ1n) is 24.4. The topological polar surface area (TPSA) is 287 Å². The van der Waals surface area contributed by atoms with Gasteiger partial charge < -0.3 is 28.5 Å². The molecule has 6 heterocycles. The van der Waals surface area contributed by atoms with Crippen molar-refractivity contribution in [2.75, 3.05) is 78.5 Å². The molecule has 76 heavy (non-hydrogen) atoms. The Balaban J connectivity index is 0.000000402. The lowest BCUT2D eigenvalue weighted by atomic mass is 9.79. The van der Waals surface area contributed by atoms with Crippen molar-refractivity contribution in [1.82, 2.24) is 19.8 Å². The molecule has 20 nitrogen and oxygen atoms in total. The Hall–Kier alpha value is -5.54. The van der Waals surface area contributed by atoms with Gasteiger partial charge in [-0.05, 0) is 148 Å². The maximum absolute atomic E-state index is 9.19. The molecule has 2 aliphatic heterocycles. The monoisotopic (exact) mass is 1130 g/mol. The van der Waals surface area contributed by atoms with Gasteiger partial charge in [0, 0.05) is 57.2 Å². The van der Waals surface area contributed by atoms with Gasteiger partial charge in [-0.25, -0.2) is 26.0 Å². The second kappa shape index (κ2) is 24.8. The van der Waals surface area contributed by atoms with Crippen molar-refractivity contribution < 1.29 is 70.5 Å². The third-order valence-corrected chi connectivity index (χ3v) is 13.5. The van der Waals surface area contributed by atoms with Crippen LogP contribution in [0.4, 0.5) is 0 Å². The van der Waals surface area contributed by atoms with E-state index in [1.807, 2.05) is 12.1 Å². The summed E-state index contributed by atoms with van der Waals surface area (Å²) >= 11 is 0. The van der Waals surface area contributed by atoms with Crippen molar-refractivity contribution in [1.29, 1.82) is 0 Å². The molecule has 0 spiro atoms. The number of piperidine rings is 2. The number of aromatic amines is 2. The van der Waals surface area contributed by atoms with Gasteiger partial charge in [0.15, 0.2) is 37.9 Å². The molecule has 0 bridgehead atoms. The molecule has 2 saturated heterocycles. The molecule has 0 radical (unpaired) electrons. The first-order chi connectivity index (χ1) is 35.4. The smallest absolute Gasteiger partial charge is 0.261 e. The quantitative estimate of drug-likeness (QED) is 0.0963. The number of aromatic nitrogens is 4. The average molecular weight is 1130 g/mol. The van der Waals surface area contributed by atoms with Crippen LogP contribution in [0.3, 0.4) is 0 Å². The predicted octanol–water partition coefficient (Wildman–Crippen LogP) is 5.93. The lowest BCUT2D eigenvalue weighted by Crippen LogP contribution is -2.46. The number of pyridine rings is 2. The van der Waals surface area contributed by atoms with E-state index >= 15 is 0 Å². The number of ether oxygens (including phenoxy) is 2. The zero-order valence-electron chi connectivity index (χ0n) is 43.9. The number of benzene rings is 4. The fourth-order valence-electron chi connectivity index (χ4n) is 10.2. The van der Waals surface area contributed by atoms with E-state index in [2.05, 4.69) is 116 Å². The fourth-order valence-corrected chi connectivity index (χ4v) is 10.2. The first-order valence-corrected chi connectivity index (χ1v) is 31.7. The Labute approximate surface area is 444 Å². The van der Waals surface area contributed by atoms with Crippen molar-refractivity contribution in [3.8, 4) is 11.5 Å². The number of nitrogens with zero attached hydrogens (tertiary/aromatic N) is 4. The molecule has 24 heteroatoms. The van der Waals surface area contributed by atoms with Crippen LogP contribution in [0.1, 0.15) is 36.8 Å². The highest BCUT2D eigenvalue weighted by atomic mass is 32.2. The number of fused-ring (bicyclic) bond motifs is 10. The number of aryl methyl sites for hydroxylation is 2. The normalized spacial score (nSPS) is 15.4. The number of rotatable bonds is 9. The molecular weight excluding hydrogens is 1060 g/mol. The Morgan fingerprint density at radius 2 is 0.868 bits per heavy atom. The van der Waals surface area contributed by atoms with Crippen molar-refractivity contribution in [3.05, 3.63) is 96.6 Å². The van der Waals surface area contributed by atoms with Gasteiger partial charge in [-0.1, -0.05) is 0 Å². The Morgan fingerprint density at radius 3 is 1.17 bits per heavy atom. The molecule has 4 aromatic carbocycles. The van der Waals surface area contributed by atoms with E-state index in [1.54, 1.807) is 14.2 Å². The SMILES string of the molecule is COc1ccc2[nH]c3c(C)cc4cc[n+](CCN5CCC(C6CCN(CC[n+]7ccc8cc(C)c9[nH]c%10ccc(OC)cc%10c9c8c7)CC6)CC5)cc4c3c2c1.CS(=O)(=O)O.CS(=O)(=O)O.CS(=O)(=O)[O-].CS(=O)(=O)[O-]. The molecule has 4 N–H and O–H groups in total. The van der Waals surface area contributed by atoms with Crippen LogP contribution in [-0.4, -0.2) is 150 Å². The van der Waals surface area contributed by atoms with Crippen molar-refractivity contribution >= 4 is 106 Å². The third-order valence-electron chi connectivity index (χ3n) is 13.5. The summed E-state index contributed by atoms with van der Waals surface area (Å²) in [4.78, 5) is 12.8. The zero-order chi connectivity index (χ0) is 55.9. The van der Waals surface area contributed by atoms with Crippen molar-refractivity contribution in [2.45, 2.75) is 52.6 Å². The molecule has 0 unspecified atom stereocenters. The second-order valence-electron chi connectivity index (χ2n) is 19.6. The van der Waals surface area contributed by atoms with Crippen LogP contribution in [0.15, 0.2) is 85.5 Å². The number of H-pyrrole nitrogens is 2. The Bertz CT molecular complexity index is 3470. The fraction of sp³-hybridized carbons (Fsp3) is 0.423. The Morgan fingerprint density at radius 1 is 0.553 bits per heavy atom. The highest BCUT2D eigenvalue weighted by Gasteiger charge is 2.30. The summed E-state index contributed by atoms with van der Waals surface area (Å²) in [6.07, 6.45) is 17.3. The molecule has 8 aromatic rings. The van der Waals surface area contributed by atoms with Crippen LogP contribution in [0, 0.1) is 25.7 Å². The summed E-state index contributed by atoms with van der Waals surface area (Å²) in [5.74, 6) is 3.53. The van der Waals surface area contributed by atoms with E-state index in [-0.39, 0.29) is 0 Å². The average Bonchev–Trinajstić information content (AvgIpc) is 3.92. The van der Waals surface area contributed by atoms with Crippen LogP contribution >= 0.6 is 0 Å². The second-order valence-corrected chi connectivity index (χ2v) is 25.3. The largest absolute Gasteiger partial charge is 0.748 e. The summed E-state index contributed by atoms with van der Waals surface area (Å²) in [7, 11) is -11.7. The van der Waals surface area contributed by atoms with Gasteiger partial charge in [-0.2, -0.15) is 16.8 Å². The van der Waals surface area contributed by atoms with Gasteiger partial charge in [-0.3, -0.25) is 18.9 Å². The van der Waals surface area contributed by atoms with Gasteiger partial charge in [0.05, 0.1) is 81.9 Å². The lowest BCUT2D eigenvalue weighted by Gasteiger charge is -2.39. The van der Waals surface area contributed by atoms with Gasteiger partial charge in [0.2, 0.25) is 0 Å². The van der Waals surface area contributed by atoms with E-state index in [4.69, 9.17) is 44.5 Å². The van der Waals surface area contributed by atoms with E-state index in [0.29, 0.717) is 25.0 Å². The number of hydrogen-bond donors (Lipinski definition) is 4. The Kier molecular flexibility index (Phi) is 19.5. The summed E-state index contributed by atoms with van der Waals surface area (Å²) in [6.45, 7) is 13.5. The zero-order valence-corrected chi connectivity index (χ0v) is 47.2. The highest BCUT2D eigenvalue weighted by Crippen LogP contribution is 2.38. The number of methoxy groups -OCH3 is 2. The van der Waals surface area contributed by atoms with Crippen LogP contribution < -0.4 is 18.6 Å². The number of hydrogen-bond acceptors (Lipinski definition) is 14. The summed E-state index contributed by atoms with van der Waals surface area (Å²) in [5.41, 5.74) is 7.31. The lowest BCUT2D eigenvalue weighted by molar-refractivity contribution is -0.695. The highest BCUT2D eigenvalue weighted by molar-refractivity contribution is 7.85. The van der Waals surface area contributed by atoms with E-state index in [1.165, 1.54) is 117 Å². The maximum Gasteiger partial charge on any atom is 0.261 e. The minimum atomic E-state index is -3.92. The van der Waals surface area contributed by atoms with Crippen LogP contribution in [-0.2, 0) is 53.6 Å². The van der Waals surface area contributed by atoms with Crippen LogP contribution in [0.25, 0.3) is 65.2 Å². The molecule has 0 aliphatic carbocycles. The third kappa shape index (κ3) is 17.8. The molecule has 414 valence electrons. The molecular formula is C52H68N6O14S4. The van der Waals surface area contributed by atoms with Gasteiger partial charge >= 0.3 is 0 Å². The standard InChI is InChI=1S/C48H52N6O2.4CH4O3S/c1-31-25-35-13-19-53(29-41(35)45-39-27-37(55-3)5-7-43(39)49-47(31)45)23-21-51-15-9-33(10-16-51)34-11-17-52(18-12-34)22-24-54-20-14-36-26-32(2)48-46(42(36)30-54)40-28-38(56-4)6-8-44(40)50-48;4*1-5(2,3)4/h5-8,13-14,19-20,25-30,33-34H,9-12,15-18,21-24H2,1-4H3;4*1H3,(H,2,3,4). The van der Waals surface area contributed by atoms with Crippen LogP contribution in [0.2, 0.25) is 0 Å². The van der Waals surface area contributed by atoms with E-state index in [9.17, 15) is 16.8 Å².